The molecule has 0 saturated heterocycles. The number of para-hydroxylation sites is 2. The third kappa shape index (κ3) is 8.29. The number of ether oxygens (including phenoxy) is 3. The van der Waals surface area contributed by atoms with Crippen LogP contribution < -0.4 is 11.1 Å². The van der Waals surface area contributed by atoms with Crippen LogP contribution in [-0.4, -0.2) is 46.1 Å². The van der Waals surface area contributed by atoms with Gasteiger partial charge in [0.05, 0.1) is 37.6 Å². The zero-order valence-corrected chi connectivity index (χ0v) is 12.5. The number of anilines is 2. The second-order valence-electron chi connectivity index (χ2n) is 4.46. The number of rotatable bonds is 11. The van der Waals surface area contributed by atoms with Gasteiger partial charge in [-0.05, 0) is 18.6 Å². The van der Waals surface area contributed by atoms with E-state index in [2.05, 4.69) is 5.32 Å². The minimum atomic E-state index is -0.117. The lowest BCUT2D eigenvalue weighted by Gasteiger charge is -2.08. The molecule has 0 spiro atoms. The molecule has 0 fully saturated rings. The molecule has 21 heavy (non-hydrogen) atoms. The van der Waals surface area contributed by atoms with Gasteiger partial charge in [0.2, 0.25) is 5.91 Å². The van der Waals surface area contributed by atoms with Gasteiger partial charge in [-0.25, -0.2) is 0 Å². The summed E-state index contributed by atoms with van der Waals surface area (Å²) in [5, 5.41) is 2.75. The summed E-state index contributed by atoms with van der Waals surface area (Å²) >= 11 is 0. The Hall–Kier alpha value is -1.63. The molecule has 0 heterocycles. The Labute approximate surface area is 125 Å². The van der Waals surface area contributed by atoms with Crippen molar-refractivity contribution in [2.75, 3.05) is 51.2 Å². The first-order chi connectivity index (χ1) is 10.2. The van der Waals surface area contributed by atoms with Crippen molar-refractivity contribution in [1.29, 1.82) is 0 Å². The number of amides is 1. The van der Waals surface area contributed by atoms with Gasteiger partial charge in [0.25, 0.3) is 0 Å². The van der Waals surface area contributed by atoms with Gasteiger partial charge < -0.3 is 25.3 Å². The molecule has 0 bridgehead atoms. The van der Waals surface area contributed by atoms with E-state index in [4.69, 9.17) is 19.9 Å². The Bertz CT molecular complexity index is 412. The van der Waals surface area contributed by atoms with E-state index in [-0.39, 0.29) is 12.3 Å². The molecule has 1 rings (SSSR count). The lowest BCUT2D eigenvalue weighted by Crippen LogP contribution is -2.16. The number of nitrogen functional groups attached to an aromatic ring is 1. The van der Waals surface area contributed by atoms with E-state index in [0.717, 1.165) is 6.42 Å². The van der Waals surface area contributed by atoms with E-state index >= 15 is 0 Å². The van der Waals surface area contributed by atoms with Crippen LogP contribution >= 0.6 is 0 Å². The zero-order valence-electron chi connectivity index (χ0n) is 12.5. The van der Waals surface area contributed by atoms with Crippen LogP contribution in [0.1, 0.15) is 12.8 Å². The summed E-state index contributed by atoms with van der Waals surface area (Å²) in [4.78, 5) is 11.7. The van der Waals surface area contributed by atoms with Gasteiger partial charge in [-0.15, -0.1) is 0 Å². The highest BCUT2D eigenvalue weighted by Crippen LogP contribution is 2.16. The van der Waals surface area contributed by atoms with E-state index in [0.29, 0.717) is 44.4 Å². The van der Waals surface area contributed by atoms with Gasteiger partial charge in [-0.1, -0.05) is 12.1 Å². The molecule has 0 saturated carbocycles. The monoisotopic (exact) mass is 296 g/mol. The third-order valence-corrected chi connectivity index (χ3v) is 2.72. The van der Waals surface area contributed by atoms with E-state index in [1.54, 1.807) is 19.2 Å². The van der Waals surface area contributed by atoms with Crippen LogP contribution in [0.5, 0.6) is 0 Å². The summed E-state index contributed by atoms with van der Waals surface area (Å²) in [5.41, 5.74) is 6.92. The molecule has 0 radical (unpaired) electrons. The summed E-state index contributed by atoms with van der Waals surface area (Å²) in [7, 11) is 1.66. The van der Waals surface area contributed by atoms with Crippen molar-refractivity contribution in [1.82, 2.24) is 0 Å². The molecule has 0 unspecified atom stereocenters. The largest absolute Gasteiger partial charge is 0.397 e. The quantitative estimate of drug-likeness (QED) is 0.479. The van der Waals surface area contributed by atoms with Crippen LogP contribution in [0.25, 0.3) is 0 Å². The van der Waals surface area contributed by atoms with Crippen molar-refractivity contribution in [2.24, 2.45) is 0 Å². The second kappa shape index (κ2) is 11.1. The summed E-state index contributed by atoms with van der Waals surface area (Å²) in [5.74, 6) is -0.117. The lowest BCUT2D eigenvalue weighted by molar-refractivity contribution is -0.117. The minimum Gasteiger partial charge on any atom is -0.397 e. The summed E-state index contributed by atoms with van der Waals surface area (Å²) < 4.78 is 15.6. The first-order valence-electron chi connectivity index (χ1n) is 7.03. The Balaban J connectivity index is 2.00. The highest BCUT2D eigenvalue weighted by molar-refractivity contribution is 5.93. The molecule has 1 aromatic carbocycles. The van der Waals surface area contributed by atoms with Crippen molar-refractivity contribution in [3.63, 3.8) is 0 Å². The van der Waals surface area contributed by atoms with Gasteiger partial charge in [-0.3, -0.25) is 4.79 Å². The van der Waals surface area contributed by atoms with Crippen LogP contribution in [0.2, 0.25) is 0 Å². The normalized spacial score (nSPS) is 10.5. The molecular formula is C15H24N2O4. The molecule has 1 amide bonds. The minimum absolute atomic E-state index is 0.117. The number of carbonyl (C=O) groups is 1. The van der Waals surface area contributed by atoms with Crippen LogP contribution in [-0.2, 0) is 19.0 Å². The third-order valence-electron chi connectivity index (χ3n) is 2.72. The fraction of sp³-hybridized carbons (Fsp3) is 0.533. The Morgan fingerprint density at radius 2 is 1.81 bits per heavy atom. The molecule has 6 heteroatoms. The number of carbonyl (C=O) groups excluding carboxylic acids is 1. The highest BCUT2D eigenvalue weighted by Gasteiger charge is 2.04. The average molecular weight is 296 g/mol. The smallest absolute Gasteiger partial charge is 0.226 e. The van der Waals surface area contributed by atoms with E-state index < -0.39 is 0 Å². The maximum absolute atomic E-state index is 11.7. The number of hydrogen-bond acceptors (Lipinski definition) is 5. The molecule has 0 aliphatic heterocycles. The van der Waals surface area contributed by atoms with Crippen molar-refractivity contribution < 1.29 is 19.0 Å². The van der Waals surface area contributed by atoms with Gasteiger partial charge in [0, 0.05) is 20.3 Å². The maximum atomic E-state index is 11.7. The second-order valence-corrected chi connectivity index (χ2v) is 4.46. The maximum Gasteiger partial charge on any atom is 0.226 e. The van der Waals surface area contributed by atoms with Crippen LogP contribution in [0.3, 0.4) is 0 Å². The summed E-state index contributed by atoms with van der Waals surface area (Å²) in [6.07, 6.45) is 1.16. The Morgan fingerprint density at radius 3 is 2.52 bits per heavy atom. The number of nitrogens with two attached hydrogens (primary N) is 1. The van der Waals surface area contributed by atoms with Crippen LogP contribution in [0, 0.1) is 0 Å². The fourth-order valence-corrected chi connectivity index (χ4v) is 1.62. The summed E-state index contributed by atoms with van der Waals surface area (Å²) in [6.45, 7) is 2.72. The van der Waals surface area contributed by atoms with Crippen molar-refractivity contribution >= 4 is 17.3 Å². The van der Waals surface area contributed by atoms with Gasteiger partial charge in [0.15, 0.2) is 0 Å². The lowest BCUT2D eigenvalue weighted by atomic mass is 10.2. The predicted molar refractivity (Wildman–Crippen MR) is 82.2 cm³/mol. The highest BCUT2D eigenvalue weighted by atomic mass is 16.5. The van der Waals surface area contributed by atoms with Gasteiger partial charge >= 0.3 is 0 Å². The molecule has 3 N–H and O–H groups in total. The fourth-order valence-electron chi connectivity index (χ4n) is 1.62. The standard InChI is InChI=1S/C15H24N2O4/c1-19-8-4-9-20-11-12-21-10-7-15(18)17-14-6-3-2-5-13(14)16/h2-3,5-6H,4,7-12,16H2,1H3,(H,17,18). The number of methoxy groups -OCH3 is 1. The summed E-state index contributed by atoms with van der Waals surface area (Å²) in [6, 6.07) is 7.15. The Morgan fingerprint density at radius 1 is 1.10 bits per heavy atom. The molecule has 6 nitrogen and oxygen atoms in total. The average Bonchev–Trinajstić information content (AvgIpc) is 2.48. The molecule has 118 valence electrons. The zero-order chi connectivity index (χ0) is 15.3. The molecular weight excluding hydrogens is 272 g/mol. The number of benzene rings is 1. The van der Waals surface area contributed by atoms with Crippen LogP contribution in [0.15, 0.2) is 24.3 Å². The Kier molecular flexibility index (Phi) is 9.19. The van der Waals surface area contributed by atoms with E-state index in [1.807, 2.05) is 12.1 Å². The van der Waals surface area contributed by atoms with E-state index in [1.165, 1.54) is 0 Å². The molecule has 1 aromatic rings. The number of nitrogens with one attached hydrogen (secondary N) is 1. The first kappa shape index (κ1) is 17.4. The van der Waals surface area contributed by atoms with Crippen molar-refractivity contribution in [3.05, 3.63) is 24.3 Å². The van der Waals surface area contributed by atoms with E-state index in [9.17, 15) is 4.79 Å². The molecule has 0 aromatic heterocycles. The molecule has 0 atom stereocenters. The van der Waals surface area contributed by atoms with Gasteiger partial charge in [0.1, 0.15) is 0 Å². The topological polar surface area (TPSA) is 82.8 Å². The SMILES string of the molecule is COCCCOCCOCCC(=O)Nc1ccccc1N. The molecule has 0 aliphatic rings. The van der Waals surface area contributed by atoms with Crippen molar-refractivity contribution in [2.45, 2.75) is 12.8 Å². The first-order valence-corrected chi connectivity index (χ1v) is 7.03. The van der Waals surface area contributed by atoms with Gasteiger partial charge in [-0.2, -0.15) is 0 Å². The van der Waals surface area contributed by atoms with Crippen LogP contribution in [0.4, 0.5) is 11.4 Å². The number of hydrogen-bond donors (Lipinski definition) is 2. The predicted octanol–water partition coefficient (Wildman–Crippen LogP) is 1.67. The van der Waals surface area contributed by atoms with Crippen molar-refractivity contribution in [3.8, 4) is 0 Å². The molecule has 0 aliphatic carbocycles.